The van der Waals surface area contributed by atoms with E-state index in [4.69, 9.17) is 0 Å². The van der Waals surface area contributed by atoms with Gasteiger partial charge < -0.3 is 15.5 Å². The predicted octanol–water partition coefficient (Wildman–Crippen LogP) is 2.10. The van der Waals surface area contributed by atoms with Crippen LogP contribution in [0, 0.1) is 0 Å². The number of carbonyl (C=O) groups excluding carboxylic acids is 1. The Morgan fingerprint density at radius 1 is 1.29 bits per heavy atom. The van der Waals surface area contributed by atoms with E-state index in [9.17, 15) is 4.79 Å². The van der Waals surface area contributed by atoms with Gasteiger partial charge in [0, 0.05) is 30.3 Å². The topological polar surface area (TPSA) is 57.3 Å². The fourth-order valence-corrected chi connectivity index (χ4v) is 1.87. The summed E-state index contributed by atoms with van der Waals surface area (Å²) in [7, 11) is 5.87. The summed E-state index contributed by atoms with van der Waals surface area (Å²) in [6, 6.07) is 3.67. The van der Waals surface area contributed by atoms with Gasteiger partial charge in [0.15, 0.2) is 0 Å². The molecule has 1 rings (SSSR count). The number of nitrogens with one attached hydrogen (secondary N) is 2. The molecule has 0 saturated heterocycles. The summed E-state index contributed by atoms with van der Waals surface area (Å²) in [5.41, 5.74) is 1.48. The van der Waals surface area contributed by atoms with Crippen molar-refractivity contribution in [3.63, 3.8) is 0 Å². The Labute approximate surface area is 128 Å². The number of amides is 1. The molecule has 0 unspecified atom stereocenters. The fourth-order valence-electron chi connectivity index (χ4n) is 1.87. The van der Waals surface area contributed by atoms with Crippen molar-refractivity contribution in [1.29, 1.82) is 0 Å². The second-order valence-electron chi connectivity index (χ2n) is 6.54. The molecule has 0 bridgehead atoms. The van der Waals surface area contributed by atoms with Crippen molar-refractivity contribution in [3.05, 3.63) is 23.4 Å². The van der Waals surface area contributed by atoms with Gasteiger partial charge in [-0.25, -0.2) is 4.98 Å². The predicted molar refractivity (Wildman–Crippen MR) is 88.0 cm³/mol. The first kappa shape index (κ1) is 17.4. The number of nitrogens with zero attached hydrogens (tertiary/aromatic N) is 2. The largest absolute Gasteiger partial charge is 0.373 e. The van der Waals surface area contributed by atoms with Gasteiger partial charge in [-0.3, -0.25) is 4.79 Å². The molecule has 5 nitrogen and oxygen atoms in total. The van der Waals surface area contributed by atoms with Crippen LogP contribution in [-0.4, -0.2) is 50.0 Å². The molecule has 1 heterocycles. The van der Waals surface area contributed by atoms with Crippen LogP contribution in [0.25, 0.3) is 0 Å². The summed E-state index contributed by atoms with van der Waals surface area (Å²) in [6.45, 7) is 7.92. The fraction of sp³-hybridized carbons (Fsp3) is 0.625. The van der Waals surface area contributed by atoms with Gasteiger partial charge >= 0.3 is 0 Å². The van der Waals surface area contributed by atoms with Crippen LogP contribution >= 0.6 is 0 Å². The third kappa shape index (κ3) is 5.71. The zero-order valence-electron chi connectivity index (χ0n) is 14.1. The maximum absolute atomic E-state index is 12.3. The normalized spacial score (nSPS) is 11.6. The lowest BCUT2D eigenvalue weighted by Crippen LogP contribution is -2.28. The highest BCUT2D eigenvalue weighted by Gasteiger charge is 2.19. The summed E-state index contributed by atoms with van der Waals surface area (Å²) in [4.78, 5) is 18.9. The standard InChI is InChI=1S/C16H28N4O/c1-16(2,3)13-10-12(11-14(17-4)19-13)15(21)18-8-7-9-20(5)6/h10-11H,7-9H2,1-6H3,(H,17,19)(H,18,21). The molecular weight excluding hydrogens is 264 g/mol. The van der Waals surface area contributed by atoms with Crippen LogP contribution < -0.4 is 10.6 Å². The molecule has 1 amide bonds. The molecule has 0 fully saturated rings. The Bertz CT molecular complexity index is 478. The van der Waals surface area contributed by atoms with Gasteiger partial charge in [-0.15, -0.1) is 0 Å². The Balaban J connectivity index is 2.79. The molecule has 0 aliphatic rings. The zero-order chi connectivity index (χ0) is 16.0. The molecule has 0 aliphatic carbocycles. The van der Waals surface area contributed by atoms with E-state index < -0.39 is 0 Å². The average Bonchev–Trinajstić information content (AvgIpc) is 2.41. The zero-order valence-corrected chi connectivity index (χ0v) is 14.1. The summed E-state index contributed by atoms with van der Waals surface area (Å²) < 4.78 is 0. The lowest BCUT2D eigenvalue weighted by Gasteiger charge is -2.19. The number of hydrogen-bond donors (Lipinski definition) is 2. The van der Waals surface area contributed by atoms with Crippen molar-refractivity contribution in [2.45, 2.75) is 32.6 Å². The molecule has 5 heteroatoms. The van der Waals surface area contributed by atoms with Crippen LogP contribution in [0.2, 0.25) is 0 Å². The van der Waals surface area contributed by atoms with Crippen LogP contribution in [0.1, 0.15) is 43.2 Å². The van der Waals surface area contributed by atoms with Crippen molar-refractivity contribution >= 4 is 11.7 Å². The molecule has 21 heavy (non-hydrogen) atoms. The molecule has 0 atom stereocenters. The molecule has 0 radical (unpaired) electrons. The second kappa shape index (κ2) is 7.41. The molecule has 0 aliphatic heterocycles. The Kier molecular flexibility index (Phi) is 6.15. The molecule has 1 aromatic rings. The smallest absolute Gasteiger partial charge is 0.251 e. The quantitative estimate of drug-likeness (QED) is 0.788. The number of pyridine rings is 1. The van der Waals surface area contributed by atoms with Gasteiger partial charge in [0.2, 0.25) is 0 Å². The first-order chi connectivity index (χ1) is 9.74. The number of anilines is 1. The monoisotopic (exact) mass is 292 g/mol. The highest BCUT2D eigenvalue weighted by atomic mass is 16.1. The van der Waals surface area contributed by atoms with Crippen LogP contribution in [0.15, 0.2) is 12.1 Å². The third-order valence-corrected chi connectivity index (χ3v) is 3.18. The van der Waals surface area contributed by atoms with Crippen LogP contribution in [0.4, 0.5) is 5.82 Å². The molecule has 0 aromatic carbocycles. The Morgan fingerprint density at radius 2 is 1.95 bits per heavy atom. The van der Waals surface area contributed by atoms with E-state index in [1.54, 1.807) is 6.07 Å². The van der Waals surface area contributed by atoms with Crippen molar-refractivity contribution in [1.82, 2.24) is 15.2 Å². The first-order valence-corrected chi connectivity index (χ1v) is 7.37. The molecule has 0 spiro atoms. The number of hydrogen-bond acceptors (Lipinski definition) is 4. The lowest BCUT2D eigenvalue weighted by atomic mass is 9.90. The van der Waals surface area contributed by atoms with Gasteiger partial charge in [0.05, 0.1) is 0 Å². The summed E-state index contributed by atoms with van der Waals surface area (Å²) >= 11 is 0. The first-order valence-electron chi connectivity index (χ1n) is 7.37. The van der Waals surface area contributed by atoms with E-state index in [0.29, 0.717) is 12.1 Å². The minimum absolute atomic E-state index is 0.0434. The lowest BCUT2D eigenvalue weighted by molar-refractivity contribution is 0.0952. The number of aromatic nitrogens is 1. The average molecular weight is 292 g/mol. The van der Waals surface area contributed by atoms with Crippen LogP contribution in [0.3, 0.4) is 0 Å². The van der Waals surface area contributed by atoms with E-state index in [2.05, 4.69) is 41.3 Å². The highest BCUT2D eigenvalue weighted by molar-refractivity contribution is 5.95. The minimum atomic E-state index is -0.0905. The summed E-state index contributed by atoms with van der Waals surface area (Å²) in [5.74, 6) is 0.680. The van der Waals surface area contributed by atoms with Crippen molar-refractivity contribution in [2.75, 3.05) is 39.5 Å². The van der Waals surface area contributed by atoms with E-state index in [1.165, 1.54) is 0 Å². The van der Waals surface area contributed by atoms with Crippen LogP contribution in [-0.2, 0) is 5.41 Å². The van der Waals surface area contributed by atoms with Gasteiger partial charge in [0.25, 0.3) is 5.91 Å². The van der Waals surface area contributed by atoms with E-state index in [0.717, 1.165) is 24.5 Å². The molecule has 118 valence electrons. The van der Waals surface area contributed by atoms with Crippen LogP contribution in [0.5, 0.6) is 0 Å². The van der Waals surface area contributed by atoms with E-state index in [1.807, 2.05) is 27.2 Å². The van der Waals surface area contributed by atoms with Gasteiger partial charge in [0.1, 0.15) is 5.82 Å². The van der Waals surface area contributed by atoms with E-state index >= 15 is 0 Å². The third-order valence-electron chi connectivity index (χ3n) is 3.18. The van der Waals surface area contributed by atoms with E-state index in [-0.39, 0.29) is 11.3 Å². The van der Waals surface area contributed by atoms with Gasteiger partial charge in [-0.05, 0) is 39.2 Å². The Morgan fingerprint density at radius 3 is 2.48 bits per heavy atom. The number of carbonyl (C=O) groups is 1. The minimum Gasteiger partial charge on any atom is -0.373 e. The maximum atomic E-state index is 12.3. The number of rotatable bonds is 6. The summed E-state index contributed by atoms with van der Waals surface area (Å²) in [5, 5.41) is 5.98. The van der Waals surface area contributed by atoms with Gasteiger partial charge in [-0.1, -0.05) is 20.8 Å². The van der Waals surface area contributed by atoms with Crippen molar-refractivity contribution in [2.24, 2.45) is 0 Å². The Hall–Kier alpha value is -1.62. The summed E-state index contributed by atoms with van der Waals surface area (Å²) in [6.07, 6.45) is 0.939. The highest BCUT2D eigenvalue weighted by Crippen LogP contribution is 2.23. The van der Waals surface area contributed by atoms with Crippen molar-refractivity contribution in [3.8, 4) is 0 Å². The van der Waals surface area contributed by atoms with Gasteiger partial charge in [-0.2, -0.15) is 0 Å². The van der Waals surface area contributed by atoms with Crippen molar-refractivity contribution < 1.29 is 4.79 Å². The molecule has 2 N–H and O–H groups in total. The maximum Gasteiger partial charge on any atom is 0.251 e. The SMILES string of the molecule is CNc1cc(C(=O)NCCCN(C)C)cc(C(C)(C)C)n1. The molecular formula is C16H28N4O. The molecule has 0 saturated carbocycles. The molecule has 1 aromatic heterocycles. The second-order valence-corrected chi connectivity index (χ2v) is 6.54.